The molecule has 0 aromatic heterocycles. The van der Waals surface area contributed by atoms with E-state index in [9.17, 15) is 14.9 Å². The van der Waals surface area contributed by atoms with E-state index < -0.39 is 5.91 Å². The van der Waals surface area contributed by atoms with Gasteiger partial charge in [-0.1, -0.05) is 72.8 Å². The molecule has 6 nitrogen and oxygen atoms in total. The highest BCUT2D eigenvalue weighted by molar-refractivity contribution is 6.20. The van der Waals surface area contributed by atoms with Crippen molar-refractivity contribution in [3.8, 4) is 6.07 Å². The van der Waals surface area contributed by atoms with Gasteiger partial charge in [-0.25, -0.2) is 4.99 Å². The van der Waals surface area contributed by atoms with Crippen LogP contribution in [-0.4, -0.2) is 17.6 Å². The molecule has 0 atom stereocenters. The summed E-state index contributed by atoms with van der Waals surface area (Å²) in [7, 11) is 0. The number of amidine groups is 1. The minimum atomic E-state index is -0.518. The molecule has 0 unspecified atom stereocenters. The third-order valence-electron chi connectivity index (χ3n) is 4.80. The number of hydrogen-bond acceptors (Lipinski definition) is 4. The molecule has 3 aromatic rings. The molecule has 0 saturated heterocycles. The summed E-state index contributed by atoms with van der Waals surface area (Å²) < 4.78 is 0. The topological polar surface area (TPSA) is 94.3 Å². The fraction of sp³-hybridized carbons (Fsp3) is 0.0400. The van der Waals surface area contributed by atoms with Gasteiger partial charge in [0.15, 0.2) is 0 Å². The first-order valence-corrected chi connectivity index (χ1v) is 9.68. The Labute approximate surface area is 179 Å². The van der Waals surface area contributed by atoms with Crippen LogP contribution in [0.25, 0.3) is 5.70 Å². The molecule has 150 valence electrons. The number of benzene rings is 3. The average molecular weight is 406 g/mol. The second-order valence-electron chi connectivity index (χ2n) is 6.83. The van der Waals surface area contributed by atoms with Gasteiger partial charge in [0.1, 0.15) is 17.5 Å². The molecule has 1 aliphatic heterocycles. The second-order valence-corrected chi connectivity index (χ2v) is 6.83. The molecule has 0 spiro atoms. The van der Waals surface area contributed by atoms with Gasteiger partial charge in [-0.2, -0.15) is 5.26 Å². The van der Waals surface area contributed by atoms with Crippen molar-refractivity contribution < 1.29 is 9.59 Å². The molecule has 0 saturated carbocycles. The molecule has 3 aromatic carbocycles. The van der Waals surface area contributed by atoms with E-state index in [0.717, 1.165) is 5.56 Å². The van der Waals surface area contributed by atoms with Crippen LogP contribution in [0.2, 0.25) is 0 Å². The van der Waals surface area contributed by atoms with Crippen LogP contribution in [0.15, 0.2) is 95.5 Å². The minimum Gasteiger partial charge on any atom is -0.347 e. The van der Waals surface area contributed by atoms with Gasteiger partial charge in [0, 0.05) is 23.2 Å². The van der Waals surface area contributed by atoms with Gasteiger partial charge in [-0.15, -0.1) is 0 Å². The first-order valence-electron chi connectivity index (χ1n) is 9.68. The number of nitrogens with one attached hydrogen (secondary N) is 2. The lowest BCUT2D eigenvalue weighted by atomic mass is 10.0. The Morgan fingerprint density at radius 1 is 0.839 bits per heavy atom. The van der Waals surface area contributed by atoms with Crippen molar-refractivity contribution >= 4 is 23.3 Å². The Bertz CT molecular complexity index is 1240. The zero-order valence-corrected chi connectivity index (χ0v) is 16.5. The predicted octanol–water partition coefficient (Wildman–Crippen LogP) is 3.43. The zero-order chi connectivity index (χ0) is 21.6. The van der Waals surface area contributed by atoms with E-state index in [4.69, 9.17) is 0 Å². The molecule has 0 aliphatic carbocycles. The van der Waals surface area contributed by atoms with Crippen LogP contribution in [0.4, 0.5) is 0 Å². The van der Waals surface area contributed by atoms with E-state index in [1.54, 1.807) is 42.5 Å². The maximum atomic E-state index is 12.7. The summed E-state index contributed by atoms with van der Waals surface area (Å²) in [5, 5.41) is 15.3. The summed E-state index contributed by atoms with van der Waals surface area (Å²) >= 11 is 0. The third-order valence-corrected chi connectivity index (χ3v) is 4.80. The maximum absolute atomic E-state index is 12.7. The van der Waals surface area contributed by atoms with Crippen molar-refractivity contribution in [2.45, 2.75) is 6.54 Å². The van der Waals surface area contributed by atoms with Gasteiger partial charge in [0.2, 0.25) is 0 Å². The number of amides is 2. The molecular formula is C25H18N4O2. The van der Waals surface area contributed by atoms with Crippen molar-refractivity contribution in [1.29, 1.82) is 5.26 Å². The first-order chi connectivity index (χ1) is 15.2. The largest absolute Gasteiger partial charge is 0.347 e. The molecule has 2 N–H and O–H groups in total. The van der Waals surface area contributed by atoms with Gasteiger partial charge in [0.05, 0.1) is 5.70 Å². The molecule has 0 radical (unpaired) electrons. The normalized spacial score (nSPS) is 13.5. The molecule has 6 heteroatoms. The van der Waals surface area contributed by atoms with Gasteiger partial charge >= 0.3 is 0 Å². The highest BCUT2D eigenvalue weighted by Crippen LogP contribution is 2.30. The quantitative estimate of drug-likeness (QED) is 0.513. The number of carbonyl (C=O) groups is 2. The standard InChI is InChI=1S/C25H18N4O2/c26-15-21(25(31)27-16-17-9-3-1-4-10-17)22-19-13-7-8-14-20(19)23(28-22)29-24(30)18-11-5-2-6-12-18/h1-14H,16H2,(H,27,31)(H,28,29,30)/b22-21-. The zero-order valence-electron chi connectivity index (χ0n) is 16.5. The Hall–Kier alpha value is -4.50. The van der Waals surface area contributed by atoms with E-state index in [-0.39, 0.29) is 17.2 Å². The minimum absolute atomic E-state index is 0.104. The Morgan fingerprint density at radius 2 is 1.45 bits per heavy atom. The number of fused-ring (bicyclic) bond motifs is 1. The molecule has 4 rings (SSSR count). The SMILES string of the molecule is N#C/C(C(=O)NCc1ccccc1)=C1/N=C(NC(=O)c2ccccc2)c2ccccc21. The van der Waals surface area contributed by atoms with Crippen molar-refractivity contribution in [1.82, 2.24) is 10.6 Å². The van der Waals surface area contributed by atoms with Crippen molar-refractivity contribution in [3.05, 3.63) is 113 Å². The lowest BCUT2D eigenvalue weighted by Crippen LogP contribution is -2.30. The molecule has 31 heavy (non-hydrogen) atoms. The van der Waals surface area contributed by atoms with Crippen LogP contribution in [0.3, 0.4) is 0 Å². The van der Waals surface area contributed by atoms with Crippen LogP contribution in [0.1, 0.15) is 27.0 Å². The summed E-state index contributed by atoms with van der Waals surface area (Å²) in [5.41, 5.74) is 2.83. The molecule has 0 bridgehead atoms. The number of rotatable bonds is 4. The molecule has 2 amide bonds. The first kappa shape index (κ1) is 19.8. The number of nitrogens with zero attached hydrogens (tertiary/aromatic N) is 2. The lowest BCUT2D eigenvalue weighted by Gasteiger charge is -2.06. The van der Waals surface area contributed by atoms with Gasteiger partial charge < -0.3 is 10.6 Å². The lowest BCUT2D eigenvalue weighted by molar-refractivity contribution is -0.117. The van der Waals surface area contributed by atoms with Crippen molar-refractivity contribution in [2.24, 2.45) is 4.99 Å². The number of hydrogen-bond donors (Lipinski definition) is 2. The number of aliphatic imine (C=N–C) groups is 1. The fourth-order valence-electron chi connectivity index (χ4n) is 3.26. The van der Waals surface area contributed by atoms with Crippen molar-refractivity contribution in [3.63, 3.8) is 0 Å². The van der Waals surface area contributed by atoms with E-state index >= 15 is 0 Å². The molecular weight excluding hydrogens is 388 g/mol. The summed E-state index contributed by atoms with van der Waals surface area (Å²) in [4.78, 5) is 29.8. The van der Waals surface area contributed by atoms with Crippen LogP contribution >= 0.6 is 0 Å². The van der Waals surface area contributed by atoms with E-state index in [2.05, 4.69) is 15.6 Å². The fourth-order valence-corrected chi connectivity index (χ4v) is 3.26. The average Bonchev–Trinajstić information content (AvgIpc) is 3.17. The Balaban J connectivity index is 1.64. The van der Waals surface area contributed by atoms with Crippen LogP contribution in [0, 0.1) is 11.3 Å². The summed E-state index contributed by atoms with van der Waals surface area (Å²) in [5.74, 6) is -0.527. The smallest absolute Gasteiger partial charge is 0.264 e. The summed E-state index contributed by atoms with van der Waals surface area (Å²) in [6.45, 7) is 0.293. The summed E-state index contributed by atoms with van der Waals surface area (Å²) in [6.07, 6.45) is 0. The van der Waals surface area contributed by atoms with E-state index in [1.807, 2.05) is 48.5 Å². The number of carbonyl (C=O) groups excluding carboxylic acids is 2. The molecule has 0 fully saturated rings. The van der Waals surface area contributed by atoms with E-state index in [0.29, 0.717) is 29.1 Å². The van der Waals surface area contributed by atoms with Crippen LogP contribution in [0.5, 0.6) is 0 Å². The van der Waals surface area contributed by atoms with E-state index in [1.165, 1.54) is 0 Å². The predicted molar refractivity (Wildman–Crippen MR) is 118 cm³/mol. The monoisotopic (exact) mass is 406 g/mol. The highest BCUT2D eigenvalue weighted by Gasteiger charge is 2.27. The Morgan fingerprint density at radius 3 is 2.13 bits per heavy atom. The third kappa shape index (κ3) is 4.26. The van der Waals surface area contributed by atoms with Gasteiger partial charge in [0.25, 0.3) is 11.8 Å². The number of nitriles is 1. The highest BCUT2D eigenvalue weighted by atomic mass is 16.2. The summed E-state index contributed by atoms with van der Waals surface area (Å²) in [6, 6.07) is 27.4. The Kier molecular flexibility index (Phi) is 5.68. The molecule has 1 aliphatic rings. The van der Waals surface area contributed by atoms with Gasteiger partial charge in [-0.05, 0) is 17.7 Å². The van der Waals surface area contributed by atoms with Crippen LogP contribution in [-0.2, 0) is 11.3 Å². The van der Waals surface area contributed by atoms with Gasteiger partial charge in [-0.3, -0.25) is 9.59 Å². The van der Waals surface area contributed by atoms with Crippen LogP contribution < -0.4 is 10.6 Å². The molecule has 1 heterocycles. The maximum Gasteiger partial charge on any atom is 0.264 e. The van der Waals surface area contributed by atoms with Crippen molar-refractivity contribution in [2.75, 3.05) is 0 Å². The second kappa shape index (κ2) is 8.89.